The number of halogens is 2. The molecule has 0 aliphatic carbocycles. The number of hydrogen-bond acceptors (Lipinski definition) is 1. The molecule has 1 nitrogen and oxygen atoms in total. The Balaban J connectivity index is 2.80. The summed E-state index contributed by atoms with van der Waals surface area (Å²) in [6, 6.07) is 5.47. The first-order valence-corrected chi connectivity index (χ1v) is 6.71. The second-order valence-electron chi connectivity index (χ2n) is 4.32. The van der Waals surface area contributed by atoms with E-state index in [1.165, 1.54) is 6.07 Å². The molecule has 16 heavy (non-hydrogen) atoms. The second-order valence-corrected chi connectivity index (χ2v) is 5.12. The van der Waals surface area contributed by atoms with Gasteiger partial charge in [0.05, 0.1) is 0 Å². The molecule has 0 unspecified atom stereocenters. The van der Waals surface area contributed by atoms with E-state index in [1.807, 2.05) is 13.0 Å². The summed E-state index contributed by atoms with van der Waals surface area (Å²) in [6.45, 7) is 8.15. The largest absolute Gasteiger partial charge is 0.296 e. The lowest BCUT2D eigenvalue weighted by Crippen LogP contribution is -2.32. The molecule has 0 amide bonds. The zero-order valence-corrected chi connectivity index (χ0v) is 11.7. The molecule has 0 heterocycles. The first-order valence-electron chi connectivity index (χ1n) is 5.59. The number of nitrogens with zero attached hydrogens (tertiary/aromatic N) is 1. The van der Waals surface area contributed by atoms with E-state index in [0.29, 0.717) is 6.04 Å². The lowest BCUT2D eigenvalue weighted by atomic mass is 10.1. The molecule has 1 aromatic carbocycles. The zero-order chi connectivity index (χ0) is 12.1. The van der Waals surface area contributed by atoms with Gasteiger partial charge in [-0.2, -0.15) is 0 Å². The molecule has 0 radical (unpaired) electrons. The fourth-order valence-corrected chi connectivity index (χ4v) is 2.11. The van der Waals surface area contributed by atoms with Crippen molar-refractivity contribution in [2.45, 2.75) is 33.4 Å². The molecule has 0 aliphatic heterocycles. The van der Waals surface area contributed by atoms with Crippen molar-refractivity contribution < 1.29 is 4.39 Å². The normalized spacial score (nSPS) is 11.4. The monoisotopic (exact) mass is 287 g/mol. The van der Waals surface area contributed by atoms with Gasteiger partial charge in [-0.05, 0) is 44.0 Å². The van der Waals surface area contributed by atoms with Crippen molar-refractivity contribution in [2.75, 3.05) is 11.9 Å². The van der Waals surface area contributed by atoms with Crippen molar-refractivity contribution in [1.29, 1.82) is 0 Å². The Morgan fingerprint density at radius 2 is 2.06 bits per heavy atom. The van der Waals surface area contributed by atoms with Gasteiger partial charge in [-0.1, -0.05) is 22.0 Å². The van der Waals surface area contributed by atoms with Crippen molar-refractivity contribution in [1.82, 2.24) is 4.90 Å². The minimum atomic E-state index is -0.150. The quantitative estimate of drug-likeness (QED) is 0.746. The number of hydrogen-bond donors (Lipinski definition) is 0. The van der Waals surface area contributed by atoms with Crippen molar-refractivity contribution in [3.8, 4) is 0 Å². The molecule has 3 heteroatoms. The molecule has 0 saturated heterocycles. The van der Waals surface area contributed by atoms with E-state index in [9.17, 15) is 4.39 Å². The fraction of sp³-hybridized carbons (Fsp3) is 0.538. The van der Waals surface area contributed by atoms with Gasteiger partial charge in [0.25, 0.3) is 0 Å². The van der Waals surface area contributed by atoms with Crippen LogP contribution in [0.15, 0.2) is 18.2 Å². The minimum absolute atomic E-state index is 0.150. The summed E-state index contributed by atoms with van der Waals surface area (Å²) in [4.78, 5) is 2.33. The third kappa shape index (κ3) is 3.87. The van der Waals surface area contributed by atoms with Gasteiger partial charge in [0.2, 0.25) is 0 Å². The van der Waals surface area contributed by atoms with Crippen LogP contribution in [-0.2, 0) is 6.54 Å². The summed E-state index contributed by atoms with van der Waals surface area (Å²) in [7, 11) is 0. The molecule has 0 N–H and O–H groups in total. The summed E-state index contributed by atoms with van der Waals surface area (Å²) in [5, 5.41) is 0.944. The molecule has 1 aromatic rings. The van der Waals surface area contributed by atoms with Crippen molar-refractivity contribution in [3.63, 3.8) is 0 Å². The van der Waals surface area contributed by atoms with Gasteiger partial charge in [0, 0.05) is 24.5 Å². The highest BCUT2D eigenvalue weighted by Crippen LogP contribution is 2.14. The summed E-state index contributed by atoms with van der Waals surface area (Å²) < 4.78 is 13.2. The molecule has 90 valence electrons. The first kappa shape index (κ1) is 13.7. The summed E-state index contributed by atoms with van der Waals surface area (Å²) in [5.74, 6) is -0.150. The van der Waals surface area contributed by atoms with E-state index in [-0.39, 0.29) is 5.82 Å². The molecular weight excluding hydrogens is 269 g/mol. The molecule has 0 bridgehead atoms. The Kier molecular flexibility index (Phi) is 5.42. The number of alkyl halides is 1. The highest BCUT2D eigenvalue weighted by Gasteiger charge is 2.11. The van der Waals surface area contributed by atoms with Crippen molar-refractivity contribution >= 4 is 15.9 Å². The Hall–Kier alpha value is -0.410. The maximum absolute atomic E-state index is 13.2. The lowest BCUT2D eigenvalue weighted by Gasteiger charge is -2.26. The van der Waals surface area contributed by atoms with E-state index in [1.54, 1.807) is 6.07 Å². The van der Waals surface area contributed by atoms with E-state index in [0.717, 1.165) is 29.5 Å². The van der Waals surface area contributed by atoms with E-state index < -0.39 is 0 Å². The minimum Gasteiger partial charge on any atom is -0.296 e. The van der Waals surface area contributed by atoms with Crippen molar-refractivity contribution in [2.24, 2.45) is 0 Å². The molecule has 0 atom stereocenters. The average Bonchev–Trinajstić information content (AvgIpc) is 2.22. The van der Waals surface area contributed by atoms with Gasteiger partial charge in [-0.3, -0.25) is 4.90 Å². The number of rotatable bonds is 5. The third-order valence-corrected chi connectivity index (χ3v) is 3.14. The predicted molar refractivity (Wildman–Crippen MR) is 70.5 cm³/mol. The van der Waals surface area contributed by atoms with Crippen LogP contribution >= 0.6 is 15.9 Å². The number of aryl methyl sites for hydroxylation is 1. The zero-order valence-electron chi connectivity index (χ0n) is 10.1. The van der Waals surface area contributed by atoms with Gasteiger partial charge in [-0.25, -0.2) is 4.39 Å². The van der Waals surface area contributed by atoms with E-state index in [2.05, 4.69) is 34.7 Å². The Morgan fingerprint density at radius 1 is 1.38 bits per heavy atom. The van der Waals surface area contributed by atoms with E-state index in [4.69, 9.17) is 0 Å². The predicted octanol–water partition coefficient (Wildman–Crippen LogP) is 3.74. The van der Waals surface area contributed by atoms with Gasteiger partial charge in [0.1, 0.15) is 5.82 Å². The summed E-state index contributed by atoms with van der Waals surface area (Å²) in [6.07, 6.45) is 0. The smallest absolute Gasteiger partial charge is 0.123 e. The van der Waals surface area contributed by atoms with Crippen LogP contribution in [0.4, 0.5) is 4.39 Å². The summed E-state index contributed by atoms with van der Waals surface area (Å²) in [5.41, 5.74) is 2.23. The molecule has 1 rings (SSSR count). The van der Waals surface area contributed by atoms with Crippen LogP contribution in [0.25, 0.3) is 0 Å². The summed E-state index contributed by atoms with van der Waals surface area (Å²) >= 11 is 3.45. The highest BCUT2D eigenvalue weighted by atomic mass is 79.9. The van der Waals surface area contributed by atoms with Gasteiger partial charge in [-0.15, -0.1) is 0 Å². The van der Waals surface area contributed by atoms with E-state index >= 15 is 0 Å². The average molecular weight is 288 g/mol. The first-order chi connectivity index (χ1) is 7.54. The van der Waals surface area contributed by atoms with Crippen LogP contribution in [0, 0.1) is 12.7 Å². The molecule has 0 fully saturated rings. The Morgan fingerprint density at radius 3 is 2.62 bits per heavy atom. The van der Waals surface area contributed by atoms with Gasteiger partial charge >= 0.3 is 0 Å². The van der Waals surface area contributed by atoms with Crippen LogP contribution in [0.2, 0.25) is 0 Å². The van der Waals surface area contributed by atoms with Crippen LogP contribution in [0.1, 0.15) is 25.0 Å². The molecule has 0 aromatic heterocycles. The van der Waals surface area contributed by atoms with Gasteiger partial charge < -0.3 is 0 Å². The van der Waals surface area contributed by atoms with Crippen LogP contribution < -0.4 is 0 Å². The fourth-order valence-electron chi connectivity index (χ4n) is 1.66. The number of benzene rings is 1. The highest BCUT2D eigenvalue weighted by molar-refractivity contribution is 9.09. The SMILES string of the molecule is Cc1ccc(F)cc1CN(CCBr)C(C)C. The molecule has 0 saturated carbocycles. The maximum atomic E-state index is 13.2. The standard InChI is InChI=1S/C13H19BrFN/c1-10(2)16(7-6-14)9-12-8-13(15)5-4-11(12)3/h4-5,8,10H,6-7,9H2,1-3H3. The molecular formula is C13H19BrFN. The topological polar surface area (TPSA) is 3.24 Å². The molecule has 0 spiro atoms. The van der Waals surface area contributed by atoms with Crippen molar-refractivity contribution in [3.05, 3.63) is 35.1 Å². The maximum Gasteiger partial charge on any atom is 0.123 e. The second kappa shape index (κ2) is 6.36. The molecule has 0 aliphatic rings. The Bertz CT molecular complexity index is 339. The third-order valence-electron chi connectivity index (χ3n) is 2.79. The van der Waals surface area contributed by atoms with Crippen LogP contribution in [-0.4, -0.2) is 22.8 Å². The Labute approximate surface area is 106 Å². The lowest BCUT2D eigenvalue weighted by molar-refractivity contribution is 0.227. The van der Waals surface area contributed by atoms with Crippen LogP contribution in [0.5, 0.6) is 0 Å². The van der Waals surface area contributed by atoms with Crippen LogP contribution in [0.3, 0.4) is 0 Å². The van der Waals surface area contributed by atoms with Gasteiger partial charge in [0.15, 0.2) is 0 Å².